The van der Waals surface area contributed by atoms with Gasteiger partial charge < -0.3 is 15.0 Å². The van der Waals surface area contributed by atoms with Crippen molar-refractivity contribution in [3.63, 3.8) is 0 Å². The Morgan fingerprint density at radius 2 is 1.93 bits per heavy atom. The second-order valence-corrected chi connectivity index (χ2v) is 6.80. The number of ether oxygens (including phenoxy) is 1. The van der Waals surface area contributed by atoms with Gasteiger partial charge in [-0.15, -0.1) is 0 Å². The fourth-order valence-electron chi connectivity index (χ4n) is 2.70. The van der Waals surface area contributed by atoms with Gasteiger partial charge in [0.1, 0.15) is 5.75 Å². The maximum absolute atomic E-state index is 12.3. The lowest BCUT2D eigenvalue weighted by Crippen LogP contribution is -2.33. The van der Waals surface area contributed by atoms with E-state index in [0.717, 1.165) is 16.9 Å². The third-order valence-corrected chi connectivity index (χ3v) is 4.57. The van der Waals surface area contributed by atoms with Crippen LogP contribution in [0.4, 0.5) is 5.69 Å². The van der Waals surface area contributed by atoms with Crippen molar-refractivity contribution in [2.45, 2.75) is 26.7 Å². The SMILES string of the molecule is COc1cccc(CCN(CCC(=O)Nc2cc(Cl)ccc2C)C(C)=O)c1. The first-order chi connectivity index (χ1) is 12.9. The van der Waals surface area contributed by atoms with Crippen LogP contribution in [0.3, 0.4) is 0 Å². The molecule has 6 heteroatoms. The zero-order valence-electron chi connectivity index (χ0n) is 15.9. The average molecular weight is 389 g/mol. The maximum atomic E-state index is 12.3. The smallest absolute Gasteiger partial charge is 0.226 e. The van der Waals surface area contributed by atoms with Crippen molar-refractivity contribution in [2.75, 3.05) is 25.5 Å². The molecule has 0 radical (unpaired) electrons. The summed E-state index contributed by atoms with van der Waals surface area (Å²) >= 11 is 5.98. The van der Waals surface area contributed by atoms with Gasteiger partial charge in [0, 0.05) is 37.1 Å². The predicted molar refractivity (Wildman–Crippen MR) is 108 cm³/mol. The van der Waals surface area contributed by atoms with Crippen LogP contribution in [0, 0.1) is 6.92 Å². The van der Waals surface area contributed by atoms with Gasteiger partial charge in [-0.25, -0.2) is 0 Å². The van der Waals surface area contributed by atoms with Gasteiger partial charge in [-0.2, -0.15) is 0 Å². The van der Waals surface area contributed by atoms with Crippen LogP contribution in [0.1, 0.15) is 24.5 Å². The van der Waals surface area contributed by atoms with Crippen molar-refractivity contribution in [1.82, 2.24) is 4.90 Å². The number of aryl methyl sites for hydroxylation is 1. The molecule has 2 aromatic rings. The summed E-state index contributed by atoms with van der Waals surface area (Å²) in [5.74, 6) is 0.593. The van der Waals surface area contributed by atoms with Crippen molar-refractivity contribution < 1.29 is 14.3 Å². The van der Waals surface area contributed by atoms with Crippen molar-refractivity contribution in [1.29, 1.82) is 0 Å². The lowest BCUT2D eigenvalue weighted by atomic mass is 10.1. The van der Waals surface area contributed by atoms with Gasteiger partial charge in [-0.1, -0.05) is 29.8 Å². The molecular formula is C21H25ClN2O3. The highest BCUT2D eigenvalue weighted by atomic mass is 35.5. The summed E-state index contributed by atoms with van der Waals surface area (Å²) in [5, 5.41) is 3.43. The number of hydrogen-bond donors (Lipinski definition) is 1. The fraction of sp³-hybridized carbons (Fsp3) is 0.333. The van der Waals surface area contributed by atoms with Gasteiger partial charge in [0.25, 0.3) is 0 Å². The van der Waals surface area contributed by atoms with E-state index in [1.54, 1.807) is 24.1 Å². The van der Waals surface area contributed by atoms with Crippen LogP contribution >= 0.6 is 11.6 Å². The molecule has 0 bridgehead atoms. The first-order valence-corrected chi connectivity index (χ1v) is 9.21. The normalized spacial score (nSPS) is 10.4. The molecule has 0 unspecified atom stereocenters. The van der Waals surface area contributed by atoms with Crippen LogP contribution in [0.15, 0.2) is 42.5 Å². The number of hydrogen-bond acceptors (Lipinski definition) is 3. The summed E-state index contributed by atoms with van der Waals surface area (Å²) in [7, 11) is 1.63. The van der Waals surface area contributed by atoms with E-state index in [0.29, 0.717) is 30.2 Å². The number of nitrogens with one attached hydrogen (secondary N) is 1. The molecule has 2 aromatic carbocycles. The molecule has 0 aliphatic heterocycles. The quantitative estimate of drug-likeness (QED) is 0.741. The molecule has 144 valence electrons. The predicted octanol–water partition coefficient (Wildman–Crippen LogP) is 4.08. The molecule has 5 nitrogen and oxygen atoms in total. The summed E-state index contributed by atoms with van der Waals surface area (Å²) in [6.07, 6.45) is 0.926. The zero-order valence-corrected chi connectivity index (χ0v) is 16.7. The van der Waals surface area contributed by atoms with E-state index in [4.69, 9.17) is 16.3 Å². The van der Waals surface area contributed by atoms with E-state index in [2.05, 4.69) is 5.32 Å². The lowest BCUT2D eigenvalue weighted by Gasteiger charge is -2.21. The van der Waals surface area contributed by atoms with Gasteiger partial charge in [-0.05, 0) is 48.7 Å². The number of nitrogens with zero attached hydrogens (tertiary/aromatic N) is 1. The van der Waals surface area contributed by atoms with Crippen molar-refractivity contribution >= 4 is 29.1 Å². The Balaban J connectivity index is 1.89. The Kier molecular flexibility index (Phi) is 7.67. The Labute approximate surface area is 165 Å². The number of halogens is 1. The van der Waals surface area contributed by atoms with Gasteiger partial charge in [0.05, 0.1) is 7.11 Å². The van der Waals surface area contributed by atoms with Crippen molar-refractivity contribution in [2.24, 2.45) is 0 Å². The first kappa shape index (κ1) is 20.8. The highest BCUT2D eigenvalue weighted by molar-refractivity contribution is 6.31. The number of methoxy groups -OCH3 is 1. The fourth-order valence-corrected chi connectivity index (χ4v) is 2.87. The summed E-state index contributed by atoms with van der Waals surface area (Å²) in [5.41, 5.74) is 2.71. The highest BCUT2D eigenvalue weighted by Crippen LogP contribution is 2.20. The van der Waals surface area contributed by atoms with Crippen LogP contribution in [-0.2, 0) is 16.0 Å². The largest absolute Gasteiger partial charge is 0.497 e. The van der Waals surface area contributed by atoms with E-state index >= 15 is 0 Å². The van der Waals surface area contributed by atoms with E-state index in [-0.39, 0.29) is 18.2 Å². The molecular weight excluding hydrogens is 364 g/mol. The molecule has 0 aromatic heterocycles. The van der Waals surface area contributed by atoms with E-state index in [1.165, 1.54) is 6.92 Å². The number of carbonyl (C=O) groups excluding carboxylic acids is 2. The molecule has 0 fully saturated rings. The maximum Gasteiger partial charge on any atom is 0.226 e. The second kappa shape index (κ2) is 9.97. The Hall–Kier alpha value is -2.53. The third kappa shape index (κ3) is 6.61. The highest BCUT2D eigenvalue weighted by Gasteiger charge is 2.12. The van der Waals surface area contributed by atoms with Crippen LogP contribution in [0.25, 0.3) is 0 Å². The third-order valence-electron chi connectivity index (χ3n) is 4.33. The Bertz CT molecular complexity index is 808. The van der Waals surface area contributed by atoms with Crippen LogP contribution in [-0.4, -0.2) is 36.9 Å². The van der Waals surface area contributed by atoms with Crippen LogP contribution < -0.4 is 10.1 Å². The van der Waals surface area contributed by atoms with Crippen LogP contribution in [0.2, 0.25) is 5.02 Å². The Morgan fingerprint density at radius 3 is 2.63 bits per heavy atom. The van der Waals surface area contributed by atoms with E-state index in [1.807, 2.05) is 37.3 Å². The monoisotopic (exact) mass is 388 g/mol. The topological polar surface area (TPSA) is 58.6 Å². The average Bonchev–Trinajstić information content (AvgIpc) is 2.64. The van der Waals surface area contributed by atoms with Gasteiger partial charge in [0.2, 0.25) is 11.8 Å². The number of amides is 2. The van der Waals surface area contributed by atoms with Gasteiger partial charge in [0.15, 0.2) is 0 Å². The van der Waals surface area contributed by atoms with Crippen molar-refractivity contribution in [3.05, 3.63) is 58.6 Å². The molecule has 2 rings (SSSR count). The van der Waals surface area contributed by atoms with Crippen LogP contribution in [0.5, 0.6) is 5.75 Å². The molecule has 0 saturated heterocycles. The summed E-state index contributed by atoms with van der Waals surface area (Å²) < 4.78 is 5.22. The number of benzene rings is 2. The Morgan fingerprint density at radius 1 is 1.15 bits per heavy atom. The molecule has 0 aliphatic rings. The minimum Gasteiger partial charge on any atom is -0.497 e. The van der Waals surface area contributed by atoms with Gasteiger partial charge >= 0.3 is 0 Å². The van der Waals surface area contributed by atoms with Gasteiger partial charge in [-0.3, -0.25) is 9.59 Å². The number of rotatable bonds is 8. The minimum atomic E-state index is -0.145. The molecule has 0 saturated carbocycles. The molecule has 0 heterocycles. The number of carbonyl (C=O) groups is 2. The molecule has 0 spiro atoms. The minimum absolute atomic E-state index is 0.0513. The molecule has 0 aliphatic carbocycles. The van der Waals surface area contributed by atoms with E-state index in [9.17, 15) is 9.59 Å². The number of anilines is 1. The zero-order chi connectivity index (χ0) is 19.8. The molecule has 0 atom stereocenters. The summed E-state index contributed by atoms with van der Waals surface area (Å²) in [4.78, 5) is 25.8. The van der Waals surface area contributed by atoms with Crippen molar-refractivity contribution in [3.8, 4) is 5.75 Å². The molecule has 27 heavy (non-hydrogen) atoms. The second-order valence-electron chi connectivity index (χ2n) is 6.37. The standard InChI is InChI=1S/C21H25ClN2O3/c1-15-7-8-18(22)14-20(15)23-21(26)10-12-24(16(2)25)11-9-17-5-4-6-19(13-17)27-3/h4-8,13-14H,9-12H2,1-3H3,(H,23,26). The lowest BCUT2D eigenvalue weighted by molar-refractivity contribution is -0.129. The molecule has 2 amide bonds. The summed E-state index contributed by atoms with van der Waals surface area (Å²) in [6, 6.07) is 13.1. The molecule has 1 N–H and O–H groups in total. The van der Waals surface area contributed by atoms with E-state index < -0.39 is 0 Å². The first-order valence-electron chi connectivity index (χ1n) is 8.83. The summed E-state index contributed by atoms with van der Waals surface area (Å²) in [6.45, 7) is 4.34.